The van der Waals surface area contributed by atoms with Gasteiger partial charge >= 0.3 is 12.0 Å². The van der Waals surface area contributed by atoms with E-state index in [9.17, 15) is 9.59 Å². The lowest BCUT2D eigenvalue weighted by Gasteiger charge is -2.22. The highest BCUT2D eigenvalue weighted by molar-refractivity contribution is 5.89. The predicted octanol–water partition coefficient (Wildman–Crippen LogP) is 3.27. The molecule has 1 N–H and O–H groups in total. The van der Waals surface area contributed by atoms with Crippen molar-refractivity contribution in [2.45, 2.75) is 33.1 Å². The van der Waals surface area contributed by atoms with E-state index in [1.165, 1.54) is 0 Å². The molecular weight excluding hydrogens is 268 g/mol. The van der Waals surface area contributed by atoms with Crippen molar-refractivity contribution in [3.8, 4) is 0 Å². The number of nitrogens with zero attached hydrogens (tertiary/aromatic N) is 1. The molecule has 0 saturated carbocycles. The van der Waals surface area contributed by atoms with Crippen LogP contribution in [0.5, 0.6) is 0 Å². The molecule has 1 aromatic carbocycles. The van der Waals surface area contributed by atoms with Crippen LogP contribution in [-0.2, 0) is 9.53 Å². The van der Waals surface area contributed by atoms with Crippen LogP contribution in [0.2, 0.25) is 0 Å². The van der Waals surface area contributed by atoms with Crippen LogP contribution < -0.4 is 5.32 Å². The Morgan fingerprint density at radius 1 is 1.14 bits per heavy atom. The molecule has 0 aliphatic carbocycles. The normalized spacial score (nSPS) is 10.0. The van der Waals surface area contributed by atoms with Crippen LogP contribution in [-0.4, -0.2) is 36.6 Å². The van der Waals surface area contributed by atoms with Crippen molar-refractivity contribution >= 4 is 17.7 Å². The summed E-state index contributed by atoms with van der Waals surface area (Å²) in [4.78, 5) is 25.3. The number of anilines is 1. The highest BCUT2D eigenvalue weighted by atomic mass is 16.5. The monoisotopic (exact) mass is 292 g/mol. The average molecular weight is 292 g/mol. The SMILES string of the molecule is CCCCN(CCC(=O)OCC)C(=O)Nc1ccccc1. The third-order valence-electron chi connectivity index (χ3n) is 2.99. The van der Waals surface area contributed by atoms with E-state index in [-0.39, 0.29) is 18.4 Å². The number of unbranched alkanes of at least 4 members (excludes halogenated alkanes) is 1. The van der Waals surface area contributed by atoms with Crippen LogP contribution in [0.15, 0.2) is 30.3 Å². The van der Waals surface area contributed by atoms with E-state index in [4.69, 9.17) is 4.74 Å². The smallest absolute Gasteiger partial charge is 0.321 e. The Labute approximate surface area is 126 Å². The van der Waals surface area contributed by atoms with E-state index >= 15 is 0 Å². The zero-order valence-electron chi connectivity index (χ0n) is 12.8. The number of carbonyl (C=O) groups is 2. The van der Waals surface area contributed by atoms with Crippen LogP contribution in [0.4, 0.5) is 10.5 Å². The number of esters is 1. The molecule has 0 fully saturated rings. The molecule has 0 heterocycles. The molecule has 0 aliphatic heterocycles. The average Bonchev–Trinajstić information content (AvgIpc) is 2.48. The van der Waals surface area contributed by atoms with E-state index in [0.29, 0.717) is 19.7 Å². The lowest BCUT2D eigenvalue weighted by atomic mass is 10.3. The second-order valence-corrected chi connectivity index (χ2v) is 4.69. The largest absolute Gasteiger partial charge is 0.466 e. The quantitative estimate of drug-likeness (QED) is 0.748. The van der Waals surface area contributed by atoms with Crippen molar-refractivity contribution < 1.29 is 14.3 Å². The van der Waals surface area contributed by atoms with Gasteiger partial charge in [-0.2, -0.15) is 0 Å². The summed E-state index contributed by atoms with van der Waals surface area (Å²) in [7, 11) is 0. The number of urea groups is 1. The molecule has 1 aromatic rings. The summed E-state index contributed by atoms with van der Waals surface area (Å²) in [6.45, 7) is 5.21. The van der Waals surface area contributed by atoms with Crippen molar-refractivity contribution in [2.75, 3.05) is 25.0 Å². The van der Waals surface area contributed by atoms with Crippen LogP contribution >= 0.6 is 0 Å². The number of para-hydroxylation sites is 1. The highest BCUT2D eigenvalue weighted by Crippen LogP contribution is 2.08. The molecule has 116 valence electrons. The first-order valence-corrected chi connectivity index (χ1v) is 7.44. The summed E-state index contributed by atoms with van der Waals surface area (Å²) in [5.41, 5.74) is 0.750. The predicted molar refractivity (Wildman–Crippen MR) is 83.2 cm³/mol. The molecular formula is C16H24N2O3. The zero-order chi connectivity index (χ0) is 15.5. The fourth-order valence-electron chi connectivity index (χ4n) is 1.85. The summed E-state index contributed by atoms with van der Waals surface area (Å²) < 4.78 is 4.90. The Morgan fingerprint density at radius 3 is 2.48 bits per heavy atom. The molecule has 21 heavy (non-hydrogen) atoms. The van der Waals surface area contributed by atoms with E-state index in [0.717, 1.165) is 18.5 Å². The molecule has 0 bridgehead atoms. The van der Waals surface area contributed by atoms with Gasteiger partial charge in [0.15, 0.2) is 0 Å². The maximum atomic E-state index is 12.3. The highest BCUT2D eigenvalue weighted by Gasteiger charge is 2.15. The molecule has 1 rings (SSSR count). The Hall–Kier alpha value is -2.04. The van der Waals surface area contributed by atoms with Crippen molar-refractivity contribution in [2.24, 2.45) is 0 Å². The first-order valence-electron chi connectivity index (χ1n) is 7.44. The summed E-state index contributed by atoms with van der Waals surface area (Å²) in [6.07, 6.45) is 2.12. The standard InChI is InChI=1S/C16H24N2O3/c1-3-5-12-18(13-11-15(19)21-4-2)16(20)17-14-9-7-6-8-10-14/h6-10H,3-5,11-13H2,1-2H3,(H,17,20). The topological polar surface area (TPSA) is 58.6 Å². The number of rotatable bonds is 8. The van der Waals surface area contributed by atoms with Crippen LogP contribution in [0, 0.1) is 0 Å². The number of ether oxygens (including phenoxy) is 1. The maximum absolute atomic E-state index is 12.3. The van der Waals surface area contributed by atoms with Crippen LogP contribution in [0.25, 0.3) is 0 Å². The van der Waals surface area contributed by atoms with E-state index in [1.807, 2.05) is 30.3 Å². The van der Waals surface area contributed by atoms with Gasteiger partial charge in [0.25, 0.3) is 0 Å². The van der Waals surface area contributed by atoms with Gasteiger partial charge in [-0.15, -0.1) is 0 Å². The minimum Gasteiger partial charge on any atom is -0.466 e. The molecule has 0 unspecified atom stereocenters. The number of benzene rings is 1. The van der Waals surface area contributed by atoms with E-state index in [1.54, 1.807) is 11.8 Å². The van der Waals surface area contributed by atoms with Crippen LogP contribution in [0.1, 0.15) is 33.1 Å². The first-order chi connectivity index (χ1) is 10.2. The van der Waals surface area contributed by atoms with Crippen molar-refractivity contribution in [1.82, 2.24) is 4.90 Å². The molecule has 5 nitrogen and oxygen atoms in total. The van der Waals surface area contributed by atoms with E-state index < -0.39 is 0 Å². The molecule has 2 amide bonds. The van der Waals surface area contributed by atoms with Gasteiger partial charge in [0.2, 0.25) is 0 Å². The van der Waals surface area contributed by atoms with Gasteiger partial charge in [-0.1, -0.05) is 31.5 Å². The Bertz CT molecular complexity index is 434. The zero-order valence-corrected chi connectivity index (χ0v) is 12.8. The third-order valence-corrected chi connectivity index (χ3v) is 2.99. The number of nitrogens with one attached hydrogen (secondary N) is 1. The minimum atomic E-state index is -0.272. The summed E-state index contributed by atoms with van der Waals surface area (Å²) in [5.74, 6) is -0.272. The molecule has 0 radical (unpaired) electrons. The molecule has 0 aromatic heterocycles. The minimum absolute atomic E-state index is 0.182. The van der Waals surface area contributed by atoms with Gasteiger partial charge < -0.3 is 15.0 Å². The fraction of sp³-hybridized carbons (Fsp3) is 0.500. The number of carbonyl (C=O) groups excluding carboxylic acids is 2. The first kappa shape index (κ1) is 17.0. The molecule has 0 atom stereocenters. The van der Waals surface area contributed by atoms with E-state index in [2.05, 4.69) is 12.2 Å². The number of hydrogen-bond donors (Lipinski definition) is 1. The summed E-state index contributed by atoms with van der Waals surface area (Å²) in [6, 6.07) is 9.11. The molecule has 0 aliphatic rings. The summed E-state index contributed by atoms with van der Waals surface area (Å²) >= 11 is 0. The van der Waals surface area contributed by atoms with Gasteiger partial charge in [-0.25, -0.2) is 4.79 Å². The Morgan fingerprint density at radius 2 is 1.86 bits per heavy atom. The number of hydrogen-bond acceptors (Lipinski definition) is 3. The molecule has 0 saturated heterocycles. The lowest BCUT2D eigenvalue weighted by Crippen LogP contribution is -2.37. The Kier molecular flexibility index (Phi) is 7.94. The second-order valence-electron chi connectivity index (χ2n) is 4.69. The summed E-state index contributed by atoms with van der Waals surface area (Å²) in [5, 5.41) is 2.84. The molecule has 5 heteroatoms. The number of amides is 2. The second kappa shape index (κ2) is 9.80. The van der Waals surface area contributed by atoms with Crippen molar-refractivity contribution in [3.63, 3.8) is 0 Å². The van der Waals surface area contributed by atoms with Crippen molar-refractivity contribution in [1.29, 1.82) is 0 Å². The van der Waals surface area contributed by atoms with Gasteiger partial charge in [0.1, 0.15) is 0 Å². The maximum Gasteiger partial charge on any atom is 0.321 e. The van der Waals surface area contributed by atoms with Gasteiger partial charge in [-0.3, -0.25) is 4.79 Å². The third kappa shape index (κ3) is 6.79. The van der Waals surface area contributed by atoms with Gasteiger partial charge in [0.05, 0.1) is 13.0 Å². The Balaban J connectivity index is 2.54. The van der Waals surface area contributed by atoms with Crippen molar-refractivity contribution in [3.05, 3.63) is 30.3 Å². The fourth-order valence-corrected chi connectivity index (χ4v) is 1.85. The van der Waals surface area contributed by atoms with Gasteiger partial charge in [-0.05, 0) is 25.5 Å². The van der Waals surface area contributed by atoms with Crippen LogP contribution in [0.3, 0.4) is 0 Å². The molecule has 0 spiro atoms. The van der Waals surface area contributed by atoms with Gasteiger partial charge in [0, 0.05) is 18.8 Å². The lowest BCUT2D eigenvalue weighted by molar-refractivity contribution is -0.143.